The summed E-state index contributed by atoms with van der Waals surface area (Å²) in [6.45, 7) is 6.10. The Balaban J connectivity index is 1.78. The van der Waals surface area contributed by atoms with Gasteiger partial charge in [0.25, 0.3) is 5.91 Å². The zero-order chi connectivity index (χ0) is 22.1. The van der Waals surface area contributed by atoms with E-state index in [-0.39, 0.29) is 0 Å². The molecule has 0 aliphatic carbocycles. The van der Waals surface area contributed by atoms with Gasteiger partial charge in [0.05, 0.1) is 12.6 Å². The van der Waals surface area contributed by atoms with Gasteiger partial charge in [-0.2, -0.15) is 0 Å². The number of aromatic nitrogens is 2. The highest BCUT2D eigenvalue weighted by molar-refractivity contribution is 7.15. The maximum absolute atomic E-state index is 13.4. The van der Waals surface area contributed by atoms with E-state index in [0.29, 0.717) is 33.6 Å². The van der Waals surface area contributed by atoms with Crippen LogP contribution < -0.4 is 9.64 Å². The number of Topliss-reactive ketones (excluding diaryl/α,β-unsaturated/α-hetero) is 2. The molecule has 0 saturated carbocycles. The van der Waals surface area contributed by atoms with E-state index in [9.17, 15) is 14.4 Å². The number of benzene rings is 2. The fraction of sp³-hybridized carbons (Fsp3) is 0.261. The van der Waals surface area contributed by atoms with Gasteiger partial charge < -0.3 is 4.74 Å². The Morgan fingerprint density at radius 3 is 2.29 bits per heavy atom. The molecule has 1 aliphatic heterocycles. The second kappa shape index (κ2) is 8.39. The summed E-state index contributed by atoms with van der Waals surface area (Å²) in [5.41, 5.74) is 2.08. The minimum absolute atomic E-state index is 0.309. The second-order valence-corrected chi connectivity index (χ2v) is 8.46. The second-order valence-electron chi connectivity index (χ2n) is 7.30. The minimum Gasteiger partial charge on any atom is -0.494 e. The molecular weight excluding hydrogens is 414 g/mol. The average molecular weight is 436 g/mol. The molecule has 1 fully saturated rings. The Labute approximate surface area is 183 Å². The van der Waals surface area contributed by atoms with Gasteiger partial charge in [-0.15, -0.1) is 10.2 Å². The van der Waals surface area contributed by atoms with E-state index in [2.05, 4.69) is 10.2 Å². The molecule has 1 aliphatic rings. The van der Waals surface area contributed by atoms with Crippen molar-refractivity contribution in [2.45, 2.75) is 26.8 Å². The zero-order valence-corrected chi connectivity index (χ0v) is 18.2. The van der Waals surface area contributed by atoms with Crippen LogP contribution in [-0.2, 0) is 9.59 Å². The van der Waals surface area contributed by atoms with Crippen LogP contribution in [0.3, 0.4) is 0 Å². The van der Waals surface area contributed by atoms with Crippen molar-refractivity contribution in [1.29, 1.82) is 0 Å². The van der Waals surface area contributed by atoms with E-state index in [1.807, 2.05) is 38.1 Å². The van der Waals surface area contributed by atoms with Gasteiger partial charge >= 0.3 is 0 Å². The lowest BCUT2D eigenvalue weighted by molar-refractivity contribution is -0.135. The number of ether oxygens (including phenoxy) is 1. The standard InChI is InChI=1S/C23H21N3O4S/c1-4-30-17-11-9-16(10-12-17)20(27)18-19(15-7-5-13(2)6-8-15)26(22(29)21(18)28)23-25-24-14(3)31-23/h5-12,18-19H,4H2,1-3H3. The van der Waals surface area contributed by atoms with E-state index in [1.165, 1.54) is 16.2 Å². The highest BCUT2D eigenvalue weighted by Gasteiger charge is 2.53. The minimum atomic E-state index is -1.17. The lowest BCUT2D eigenvalue weighted by atomic mass is 9.86. The Morgan fingerprint density at radius 1 is 1.03 bits per heavy atom. The molecular formula is C23H21N3O4S. The molecule has 31 heavy (non-hydrogen) atoms. The summed E-state index contributed by atoms with van der Waals surface area (Å²) in [6, 6.07) is 13.3. The number of carbonyl (C=O) groups is 3. The molecule has 1 aromatic heterocycles. The third-order valence-electron chi connectivity index (χ3n) is 5.18. The van der Waals surface area contributed by atoms with Crippen molar-refractivity contribution in [3.05, 3.63) is 70.2 Å². The summed E-state index contributed by atoms with van der Waals surface area (Å²) in [5, 5.41) is 9.03. The third-order valence-corrected chi connectivity index (χ3v) is 6.02. The number of rotatable bonds is 6. The van der Waals surface area contributed by atoms with Gasteiger partial charge in [-0.05, 0) is 50.6 Å². The molecule has 3 aromatic rings. The first kappa shape index (κ1) is 20.9. The Bertz CT molecular complexity index is 1140. The van der Waals surface area contributed by atoms with Crippen LogP contribution in [0.15, 0.2) is 48.5 Å². The van der Waals surface area contributed by atoms with Crippen LogP contribution in [0.4, 0.5) is 5.13 Å². The number of carbonyl (C=O) groups excluding carboxylic acids is 3. The van der Waals surface area contributed by atoms with Crippen LogP contribution >= 0.6 is 11.3 Å². The largest absolute Gasteiger partial charge is 0.494 e. The first-order chi connectivity index (χ1) is 14.9. The fourth-order valence-electron chi connectivity index (χ4n) is 3.69. The predicted octanol–water partition coefficient (Wildman–Crippen LogP) is 3.71. The number of hydrogen-bond acceptors (Lipinski definition) is 7. The lowest BCUT2D eigenvalue weighted by Crippen LogP contribution is -2.30. The molecule has 2 unspecified atom stereocenters. The number of anilines is 1. The van der Waals surface area contributed by atoms with Crippen LogP contribution in [0.5, 0.6) is 5.75 Å². The molecule has 0 spiro atoms. The van der Waals surface area contributed by atoms with Crippen LogP contribution in [0.1, 0.15) is 39.5 Å². The quantitative estimate of drug-likeness (QED) is 0.333. The van der Waals surface area contributed by atoms with E-state index in [4.69, 9.17) is 4.74 Å². The van der Waals surface area contributed by atoms with E-state index in [0.717, 1.165) is 5.56 Å². The Morgan fingerprint density at radius 2 is 1.71 bits per heavy atom. The highest BCUT2D eigenvalue weighted by atomic mass is 32.1. The molecule has 0 bridgehead atoms. The number of hydrogen-bond donors (Lipinski definition) is 0. The summed E-state index contributed by atoms with van der Waals surface area (Å²) in [5.74, 6) is -2.43. The molecule has 0 radical (unpaired) electrons. The smallest absolute Gasteiger partial charge is 0.297 e. The van der Waals surface area contributed by atoms with Crippen LogP contribution in [-0.4, -0.2) is 34.3 Å². The molecule has 7 nitrogen and oxygen atoms in total. The van der Waals surface area contributed by atoms with Crippen LogP contribution in [0.2, 0.25) is 0 Å². The van der Waals surface area contributed by atoms with E-state index in [1.54, 1.807) is 31.2 Å². The zero-order valence-electron chi connectivity index (χ0n) is 17.4. The van der Waals surface area contributed by atoms with Gasteiger partial charge in [0.1, 0.15) is 16.7 Å². The lowest BCUT2D eigenvalue weighted by Gasteiger charge is -2.25. The van der Waals surface area contributed by atoms with Gasteiger partial charge in [0.15, 0.2) is 5.78 Å². The first-order valence-corrected chi connectivity index (χ1v) is 10.7. The highest BCUT2D eigenvalue weighted by Crippen LogP contribution is 2.42. The number of aryl methyl sites for hydroxylation is 2. The van der Waals surface area contributed by atoms with Gasteiger partial charge in [-0.25, -0.2) is 0 Å². The van der Waals surface area contributed by atoms with Crippen molar-refractivity contribution in [2.75, 3.05) is 11.5 Å². The molecule has 4 rings (SSSR count). The topological polar surface area (TPSA) is 89.5 Å². The Kier molecular flexibility index (Phi) is 5.65. The summed E-state index contributed by atoms with van der Waals surface area (Å²) in [4.78, 5) is 40.8. The van der Waals surface area contributed by atoms with Crippen molar-refractivity contribution < 1.29 is 19.1 Å². The van der Waals surface area contributed by atoms with Crippen LogP contribution in [0.25, 0.3) is 0 Å². The fourth-order valence-corrected chi connectivity index (χ4v) is 4.41. The van der Waals surface area contributed by atoms with E-state index >= 15 is 0 Å². The van der Waals surface area contributed by atoms with Crippen LogP contribution in [0, 0.1) is 19.8 Å². The van der Waals surface area contributed by atoms with E-state index < -0.39 is 29.4 Å². The third kappa shape index (κ3) is 3.86. The van der Waals surface area contributed by atoms with Crippen molar-refractivity contribution in [1.82, 2.24) is 10.2 Å². The number of ketones is 2. The summed E-state index contributed by atoms with van der Waals surface area (Å²) < 4.78 is 5.43. The predicted molar refractivity (Wildman–Crippen MR) is 116 cm³/mol. The SMILES string of the molecule is CCOc1ccc(C(=O)C2C(=O)C(=O)N(c3nnc(C)s3)C2c2ccc(C)cc2)cc1. The number of nitrogens with zero attached hydrogens (tertiary/aromatic N) is 3. The molecule has 1 amide bonds. The van der Waals surface area contributed by atoms with Crippen molar-refractivity contribution in [3.63, 3.8) is 0 Å². The molecule has 0 N–H and O–H groups in total. The summed E-state index contributed by atoms with van der Waals surface area (Å²) >= 11 is 1.21. The maximum Gasteiger partial charge on any atom is 0.297 e. The summed E-state index contributed by atoms with van der Waals surface area (Å²) in [6.07, 6.45) is 0. The monoisotopic (exact) mass is 435 g/mol. The van der Waals surface area contributed by atoms with Gasteiger partial charge in [0, 0.05) is 5.56 Å². The normalized spacial score (nSPS) is 18.5. The molecule has 1 saturated heterocycles. The average Bonchev–Trinajstić information content (AvgIpc) is 3.30. The summed E-state index contributed by atoms with van der Waals surface area (Å²) in [7, 11) is 0. The van der Waals surface area contributed by atoms with Crippen molar-refractivity contribution in [2.24, 2.45) is 5.92 Å². The van der Waals surface area contributed by atoms with Gasteiger partial charge in [-0.3, -0.25) is 19.3 Å². The molecule has 2 atom stereocenters. The molecule has 2 aromatic carbocycles. The molecule has 2 heterocycles. The maximum atomic E-state index is 13.4. The van der Waals surface area contributed by atoms with Gasteiger partial charge in [0.2, 0.25) is 10.9 Å². The number of amides is 1. The molecule has 158 valence electrons. The van der Waals surface area contributed by atoms with Crippen molar-refractivity contribution >= 4 is 33.9 Å². The Hall–Kier alpha value is -3.39. The van der Waals surface area contributed by atoms with Gasteiger partial charge in [-0.1, -0.05) is 41.2 Å². The first-order valence-electron chi connectivity index (χ1n) is 9.92. The molecule has 8 heteroatoms. The van der Waals surface area contributed by atoms with Crippen molar-refractivity contribution in [3.8, 4) is 5.75 Å².